The highest BCUT2D eigenvalue weighted by Gasteiger charge is 2.25. The molecule has 1 amide bonds. The third-order valence-corrected chi connectivity index (χ3v) is 5.33. The summed E-state index contributed by atoms with van der Waals surface area (Å²) >= 11 is 0. The van der Waals surface area contributed by atoms with E-state index in [9.17, 15) is 4.79 Å². The number of carbonyl (C=O) groups excluding carboxylic acids is 1. The minimum atomic E-state index is 0.217. The molecule has 3 rings (SSSR count). The summed E-state index contributed by atoms with van der Waals surface area (Å²) in [5.41, 5.74) is 1.36. The Morgan fingerprint density at radius 2 is 2.14 bits per heavy atom. The van der Waals surface area contributed by atoms with Crippen molar-refractivity contribution >= 4 is 11.9 Å². The van der Waals surface area contributed by atoms with E-state index in [4.69, 9.17) is 0 Å². The molecular formula is C22H32N6O. The van der Waals surface area contributed by atoms with Gasteiger partial charge in [0.25, 0.3) is 0 Å². The summed E-state index contributed by atoms with van der Waals surface area (Å²) in [5, 5.41) is 6.79. The maximum absolute atomic E-state index is 11.9. The zero-order valence-corrected chi connectivity index (χ0v) is 17.5. The second-order valence-electron chi connectivity index (χ2n) is 7.38. The molecule has 156 valence electrons. The summed E-state index contributed by atoms with van der Waals surface area (Å²) in [7, 11) is 1.77. The maximum Gasteiger partial charge on any atom is 0.222 e. The van der Waals surface area contributed by atoms with Crippen molar-refractivity contribution < 1.29 is 4.79 Å². The van der Waals surface area contributed by atoms with Gasteiger partial charge in [-0.25, -0.2) is 4.98 Å². The molecule has 1 atom stereocenters. The van der Waals surface area contributed by atoms with Gasteiger partial charge in [0.1, 0.15) is 5.82 Å². The lowest BCUT2D eigenvalue weighted by atomic mass is 10.1. The number of aliphatic imine (C=N–C) groups is 1. The summed E-state index contributed by atoms with van der Waals surface area (Å²) < 4.78 is 2.19. The number of likely N-dealkylation sites (tertiary alicyclic amines) is 1. The molecule has 7 heteroatoms. The monoisotopic (exact) mass is 396 g/mol. The van der Waals surface area contributed by atoms with Crippen LogP contribution < -0.4 is 10.6 Å². The SMILES string of the molecule is CCC(=O)N1CCC(NC(=NC)NCc2nccn2CCCc2ccccc2)C1. The third kappa shape index (κ3) is 6.07. The van der Waals surface area contributed by atoms with E-state index in [0.29, 0.717) is 13.0 Å². The smallest absolute Gasteiger partial charge is 0.222 e. The molecule has 0 saturated carbocycles. The number of nitrogens with one attached hydrogen (secondary N) is 2. The number of benzene rings is 1. The molecule has 0 aliphatic carbocycles. The van der Waals surface area contributed by atoms with Crippen molar-refractivity contribution in [3.63, 3.8) is 0 Å². The van der Waals surface area contributed by atoms with Gasteiger partial charge in [0.15, 0.2) is 5.96 Å². The fraction of sp³-hybridized carbons (Fsp3) is 0.500. The first-order valence-corrected chi connectivity index (χ1v) is 10.5. The van der Waals surface area contributed by atoms with Gasteiger partial charge in [-0.15, -0.1) is 0 Å². The lowest BCUT2D eigenvalue weighted by Gasteiger charge is -2.19. The number of amides is 1. The van der Waals surface area contributed by atoms with Crippen molar-refractivity contribution in [3.05, 3.63) is 54.1 Å². The molecule has 0 spiro atoms. The fourth-order valence-electron chi connectivity index (χ4n) is 3.69. The molecule has 1 aromatic heterocycles. The average molecular weight is 397 g/mol. The number of aromatic nitrogens is 2. The molecule has 2 aromatic rings. The van der Waals surface area contributed by atoms with Gasteiger partial charge in [0, 0.05) is 51.5 Å². The Morgan fingerprint density at radius 1 is 1.31 bits per heavy atom. The van der Waals surface area contributed by atoms with Crippen molar-refractivity contribution in [2.24, 2.45) is 4.99 Å². The van der Waals surface area contributed by atoms with Crippen LogP contribution in [0, 0.1) is 0 Å². The van der Waals surface area contributed by atoms with Crippen molar-refractivity contribution in [1.29, 1.82) is 0 Å². The van der Waals surface area contributed by atoms with Crippen LogP contribution >= 0.6 is 0 Å². The summed E-state index contributed by atoms with van der Waals surface area (Å²) in [6.45, 7) is 5.01. The second-order valence-corrected chi connectivity index (χ2v) is 7.38. The lowest BCUT2D eigenvalue weighted by Crippen LogP contribution is -2.45. The van der Waals surface area contributed by atoms with E-state index in [2.05, 4.69) is 55.5 Å². The topological polar surface area (TPSA) is 74.6 Å². The van der Waals surface area contributed by atoms with Crippen LogP contribution in [0.15, 0.2) is 47.7 Å². The molecule has 7 nitrogen and oxygen atoms in total. The molecule has 1 aliphatic heterocycles. The molecule has 1 aromatic carbocycles. The number of nitrogens with zero attached hydrogens (tertiary/aromatic N) is 4. The highest BCUT2D eigenvalue weighted by Crippen LogP contribution is 2.10. The first kappa shape index (κ1) is 20.9. The summed E-state index contributed by atoms with van der Waals surface area (Å²) in [4.78, 5) is 22.6. The van der Waals surface area contributed by atoms with Crippen LogP contribution in [0.5, 0.6) is 0 Å². The highest BCUT2D eigenvalue weighted by molar-refractivity contribution is 5.80. The zero-order valence-electron chi connectivity index (χ0n) is 17.5. The summed E-state index contributed by atoms with van der Waals surface area (Å²) in [6, 6.07) is 10.8. The Hall–Kier alpha value is -2.83. The second kappa shape index (κ2) is 10.6. The number of hydrogen-bond acceptors (Lipinski definition) is 3. The molecule has 2 heterocycles. The van der Waals surface area contributed by atoms with Gasteiger partial charge >= 0.3 is 0 Å². The fourth-order valence-corrected chi connectivity index (χ4v) is 3.69. The van der Waals surface area contributed by atoms with E-state index in [1.54, 1.807) is 7.05 Å². The van der Waals surface area contributed by atoms with Crippen molar-refractivity contribution in [2.45, 2.75) is 51.7 Å². The van der Waals surface area contributed by atoms with Gasteiger partial charge in [-0.1, -0.05) is 37.3 Å². The molecule has 1 fully saturated rings. The molecule has 1 unspecified atom stereocenters. The molecule has 0 radical (unpaired) electrons. The van der Waals surface area contributed by atoms with Gasteiger partial charge in [-0.2, -0.15) is 0 Å². The van der Waals surface area contributed by atoms with Crippen molar-refractivity contribution in [2.75, 3.05) is 20.1 Å². The molecule has 1 saturated heterocycles. The number of aryl methyl sites for hydroxylation is 2. The largest absolute Gasteiger partial charge is 0.352 e. The van der Waals surface area contributed by atoms with Gasteiger partial charge in [0.05, 0.1) is 6.54 Å². The Labute approximate surface area is 173 Å². The number of rotatable bonds is 8. The van der Waals surface area contributed by atoms with E-state index in [1.807, 2.05) is 24.2 Å². The van der Waals surface area contributed by atoms with Crippen LogP contribution in [0.25, 0.3) is 0 Å². The normalized spacial score (nSPS) is 16.8. The predicted molar refractivity (Wildman–Crippen MR) is 116 cm³/mol. The Kier molecular flexibility index (Phi) is 7.67. The average Bonchev–Trinajstić information content (AvgIpc) is 3.41. The zero-order chi connectivity index (χ0) is 20.5. The van der Waals surface area contributed by atoms with E-state index in [-0.39, 0.29) is 11.9 Å². The van der Waals surface area contributed by atoms with Gasteiger partial charge < -0.3 is 20.1 Å². The predicted octanol–water partition coefficient (Wildman–Crippen LogP) is 2.19. The minimum Gasteiger partial charge on any atom is -0.352 e. The van der Waals surface area contributed by atoms with Crippen LogP contribution in [0.3, 0.4) is 0 Å². The third-order valence-electron chi connectivity index (χ3n) is 5.33. The Morgan fingerprint density at radius 3 is 2.90 bits per heavy atom. The first-order chi connectivity index (χ1) is 14.2. The number of imidazole rings is 1. The van der Waals surface area contributed by atoms with Crippen LogP contribution in [-0.4, -0.2) is 52.5 Å². The van der Waals surface area contributed by atoms with Crippen molar-refractivity contribution in [3.8, 4) is 0 Å². The lowest BCUT2D eigenvalue weighted by molar-refractivity contribution is -0.129. The van der Waals surface area contributed by atoms with Crippen LogP contribution in [-0.2, 0) is 24.3 Å². The van der Waals surface area contributed by atoms with Crippen LogP contribution in [0.1, 0.15) is 37.6 Å². The first-order valence-electron chi connectivity index (χ1n) is 10.5. The highest BCUT2D eigenvalue weighted by atomic mass is 16.2. The molecule has 1 aliphatic rings. The van der Waals surface area contributed by atoms with Crippen molar-refractivity contribution in [1.82, 2.24) is 25.1 Å². The number of guanidine groups is 1. The minimum absolute atomic E-state index is 0.217. The Balaban J connectivity index is 1.44. The Bertz CT molecular complexity index is 801. The van der Waals surface area contributed by atoms with Crippen LogP contribution in [0.2, 0.25) is 0 Å². The summed E-state index contributed by atoms with van der Waals surface area (Å²) in [5.74, 6) is 1.96. The molecule has 0 bridgehead atoms. The van der Waals surface area contributed by atoms with Gasteiger partial charge in [-0.3, -0.25) is 9.79 Å². The number of hydrogen-bond donors (Lipinski definition) is 2. The van der Waals surface area contributed by atoms with Crippen LogP contribution in [0.4, 0.5) is 0 Å². The van der Waals surface area contributed by atoms with E-state index in [0.717, 1.165) is 50.7 Å². The molecular weight excluding hydrogens is 364 g/mol. The van der Waals surface area contributed by atoms with E-state index < -0.39 is 0 Å². The standard InChI is InChI=1S/C22H32N6O/c1-3-21(29)28-14-11-19(17-28)26-22(23-2)25-16-20-24-12-15-27(20)13-7-10-18-8-5-4-6-9-18/h4-6,8-9,12,15,19H,3,7,10-11,13-14,16-17H2,1-2H3,(H2,23,25,26). The molecule has 29 heavy (non-hydrogen) atoms. The van der Waals surface area contributed by atoms with Gasteiger partial charge in [0.2, 0.25) is 5.91 Å². The quantitative estimate of drug-likeness (QED) is 0.530. The van der Waals surface area contributed by atoms with E-state index in [1.165, 1.54) is 5.56 Å². The molecule has 2 N–H and O–H groups in total. The van der Waals surface area contributed by atoms with E-state index >= 15 is 0 Å². The summed E-state index contributed by atoms with van der Waals surface area (Å²) in [6.07, 6.45) is 7.52. The maximum atomic E-state index is 11.9. The van der Waals surface area contributed by atoms with Gasteiger partial charge in [-0.05, 0) is 24.8 Å². The number of carbonyl (C=O) groups is 1.